The Kier molecular flexibility index (Phi) is 2.85. The summed E-state index contributed by atoms with van der Waals surface area (Å²) in [5, 5.41) is 17.0. The monoisotopic (exact) mass is 254 g/mol. The van der Waals surface area contributed by atoms with Crippen LogP contribution in [0.15, 0.2) is 36.5 Å². The number of carbonyl (C=O) groups is 1. The number of rotatable bonds is 3. The van der Waals surface area contributed by atoms with E-state index in [9.17, 15) is 4.79 Å². The quantitative estimate of drug-likeness (QED) is 0.724. The molecule has 0 fully saturated rings. The highest BCUT2D eigenvalue weighted by molar-refractivity contribution is 6.00. The average molecular weight is 254 g/mol. The lowest BCUT2D eigenvalue weighted by Crippen LogP contribution is -2.15. The first-order valence-electron chi connectivity index (χ1n) is 5.69. The van der Waals surface area contributed by atoms with Crippen molar-refractivity contribution in [2.75, 3.05) is 5.32 Å². The summed E-state index contributed by atoms with van der Waals surface area (Å²) in [7, 11) is 0. The fourth-order valence-corrected chi connectivity index (χ4v) is 1.80. The topological polar surface area (TPSA) is 96.5 Å². The summed E-state index contributed by atoms with van der Waals surface area (Å²) in [5.74, 6) is 0.144. The van der Waals surface area contributed by atoms with E-state index in [1.54, 1.807) is 6.20 Å². The van der Waals surface area contributed by atoms with Crippen LogP contribution in [0.25, 0.3) is 10.9 Å². The van der Waals surface area contributed by atoms with E-state index >= 15 is 0 Å². The number of pyridine rings is 1. The number of benzene rings is 1. The van der Waals surface area contributed by atoms with Crippen LogP contribution in [0.4, 0.5) is 5.69 Å². The molecule has 0 aliphatic carbocycles. The van der Waals surface area contributed by atoms with Crippen molar-refractivity contribution in [2.45, 2.75) is 6.42 Å². The van der Waals surface area contributed by atoms with Gasteiger partial charge in [0.15, 0.2) is 5.82 Å². The summed E-state index contributed by atoms with van der Waals surface area (Å²) in [5.41, 5.74) is 1.43. The van der Waals surface area contributed by atoms with Crippen molar-refractivity contribution in [3.63, 3.8) is 0 Å². The summed E-state index contributed by atoms with van der Waals surface area (Å²) in [6.07, 6.45) is 1.76. The van der Waals surface area contributed by atoms with Gasteiger partial charge in [0.25, 0.3) is 0 Å². The molecule has 1 aromatic carbocycles. The van der Waals surface area contributed by atoms with Gasteiger partial charge in [-0.15, -0.1) is 10.2 Å². The SMILES string of the molecule is O=C(Cc1nn[nH]n1)Nc1cccc2cccnc12. The molecule has 0 unspecified atom stereocenters. The Hall–Kier alpha value is -2.83. The van der Waals surface area contributed by atoms with Crippen molar-refractivity contribution in [2.24, 2.45) is 0 Å². The fourth-order valence-electron chi connectivity index (χ4n) is 1.80. The lowest BCUT2D eigenvalue weighted by atomic mass is 10.2. The van der Waals surface area contributed by atoms with Crippen molar-refractivity contribution in [3.8, 4) is 0 Å². The first kappa shape index (κ1) is 11.3. The predicted octanol–water partition coefficient (Wildman–Crippen LogP) is 0.929. The van der Waals surface area contributed by atoms with E-state index in [2.05, 4.69) is 30.9 Å². The van der Waals surface area contributed by atoms with E-state index in [1.807, 2.05) is 30.3 Å². The number of aromatic amines is 1. The molecule has 3 rings (SSSR count). The number of fused-ring (bicyclic) bond motifs is 1. The smallest absolute Gasteiger partial charge is 0.232 e. The number of carbonyl (C=O) groups excluding carboxylic acids is 1. The van der Waals surface area contributed by atoms with Gasteiger partial charge in [-0.05, 0) is 12.1 Å². The number of para-hydroxylation sites is 1. The first-order valence-corrected chi connectivity index (χ1v) is 5.69. The molecule has 0 atom stereocenters. The van der Waals surface area contributed by atoms with Crippen LogP contribution in [-0.2, 0) is 11.2 Å². The molecule has 0 aliphatic heterocycles. The first-order chi connectivity index (χ1) is 9.33. The summed E-state index contributed by atoms with van der Waals surface area (Å²) >= 11 is 0. The zero-order valence-corrected chi connectivity index (χ0v) is 9.87. The molecular weight excluding hydrogens is 244 g/mol. The fraction of sp³-hybridized carbons (Fsp3) is 0.0833. The number of nitrogens with one attached hydrogen (secondary N) is 2. The summed E-state index contributed by atoms with van der Waals surface area (Å²) < 4.78 is 0. The molecule has 7 nitrogen and oxygen atoms in total. The van der Waals surface area contributed by atoms with Crippen molar-refractivity contribution in [1.29, 1.82) is 0 Å². The molecule has 0 saturated carbocycles. The highest BCUT2D eigenvalue weighted by atomic mass is 16.1. The van der Waals surface area contributed by atoms with Gasteiger partial charge < -0.3 is 5.32 Å². The highest BCUT2D eigenvalue weighted by Crippen LogP contribution is 2.20. The molecule has 0 saturated heterocycles. The number of anilines is 1. The van der Waals surface area contributed by atoms with Crippen molar-refractivity contribution >= 4 is 22.5 Å². The average Bonchev–Trinajstić information content (AvgIpc) is 2.92. The Morgan fingerprint density at radius 3 is 3.00 bits per heavy atom. The van der Waals surface area contributed by atoms with E-state index in [0.29, 0.717) is 11.5 Å². The van der Waals surface area contributed by atoms with Crippen LogP contribution in [0, 0.1) is 0 Å². The van der Waals surface area contributed by atoms with Gasteiger partial charge in [-0.25, -0.2) is 0 Å². The van der Waals surface area contributed by atoms with Crippen LogP contribution in [-0.4, -0.2) is 31.5 Å². The number of hydrogen-bond donors (Lipinski definition) is 2. The van der Waals surface area contributed by atoms with Gasteiger partial charge in [0.05, 0.1) is 17.6 Å². The highest BCUT2D eigenvalue weighted by Gasteiger charge is 2.09. The van der Waals surface area contributed by atoms with Crippen LogP contribution in [0.1, 0.15) is 5.82 Å². The number of tetrazole rings is 1. The van der Waals surface area contributed by atoms with Gasteiger partial charge in [0.1, 0.15) is 0 Å². The number of nitrogens with zero attached hydrogens (tertiary/aromatic N) is 4. The van der Waals surface area contributed by atoms with Crippen LogP contribution >= 0.6 is 0 Å². The zero-order chi connectivity index (χ0) is 13.1. The Labute approximate surface area is 108 Å². The summed E-state index contributed by atoms with van der Waals surface area (Å²) in [4.78, 5) is 16.1. The van der Waals surface area contributed by atoms with Crippen molar-refractivity contribution < 1.29 is 4.79 Å². The summed E-state index contributed by atoms with van der Waals surface area (Å²) in [6, 6.07) is 9.42. The number of aromatic nitrogens is 5. The minimum Gasteiger partial charge on any atom is -0.324 e. The molecule has 0 radical (unpaired) electrons. The molecule has 1 amide bonds. The van der Waals surface area contributed by atoms with Gasteiger partial charge in [0.2, 0.25) is 5.91 Å². The third-order valence-corrected chi connectivity index (χ3v) is 2.61. The molecule has 0 bridgehead atoms. The minimum atomic E-state index is -0.209. The number of H-pyrrole nitrogens is 1. The molecule has 0 aliphatic rings. The molecule has 19 heavy (non-hydrogen) atoms. The summed E-state index contributed by atoms with van der Waals surface area (Å²) in [6.45, 7) is 0. The second kappa shape index (κ2) is 4.81. The van der Waals surface area contributed by atoms with E-state index in [4.69, 9.17) is 0 Å². The minimum absolute atomic E-state index is 0.0692. The Bertz CT molecular complexity index is 704. The lowest BCUT2D eigenvalue weighted by molar-refractivity contribution is -0.115. The molecule has 2 heterocycles. The second-order valence-electron chi connectivity index (χ2n) is 3.93. The van der Waals surface area contributed by atoms with E-state index in [0.717, 1.165) is 10.9 Å². The third-order valence-electron chi connectivity index (χ3n) is 2.61. The van der Waals surface area contributed by atoms with Gasteiger partial charge >= 0.3 is 0 Å². The molecular formula is C12H10N6O. The van der Waals surface area contributed by atoms with Gasteiger partial charge in [-0.2, -0.15) is 5.21 Å². The molecule has 2 aromatic heterocycles. The van der Waals surface area contributed by atoms with Gasteiger partial charge in [0, 0.05) is 11.6 Å². The lowest BCUT2D eigenvalue weighted by Gasteiger charge is -2.06. The largest absolute Gasteiger partial charge is 0.324 e. The van der Waals surface area contributed by atoms with Crippen LogP contribution in [0.5, 0.6) is 0 Å². The van der Waals surface area contributed by atoms with Crippen LogP contribution in [0.3, 0.4) is 0 Å². The molecule has 2 N–H and O–H groups in total. The Balaban J connectivity index is 1.83. The third kappa shape index (κ3) is 2.39. The maximum Gasteiger partial charge on any atom is 0.232 e. The van der Waals surface area contributed by atoms with E-state index in [-0.39, 0.29) is 12.3 Å². The van der Waals surface area contributed by atoms with Crippen LogP contribution < -0.4 is 5.32 Å². The zero-order valence-electron chi connectivity index (χ0n) is 9.87. The van der Waals surface area contributed by atoms with Gasteiger partial charge in [-0.1, -0.05) is 23.4 Å². The predicted molar refractivity (Wildman–Crippen MR) is 68.3 cm³/mol. The molecule has 7 heteroatoms. The second-order valence-corrected chi connectivity index (χ2v) is 3.93. The van der Waals surface area contributed by atoms with Gasteiger partial charge in [-0.3, -0.25) is 9.78 Å². The Morgan fingerprint density at radius 2 is 2.16 bits per heavy atom. The molecule has 0 spiro atoms. The maximum atomic E-state index is 11.9. The Morgan fingerprint density at radius 1 is 1.26 bits per heavy atom. The number of hydrogen-bond acceptors (Lipinski definition) is 5. The van der Waals surface area contributed by atoms with Crippen molar-refractivity contribution in [1.82, 2.24) is 25.6 Å². The molecule has 3 aromatic rings. The van der Waals surface area contributed by atoms with E-state index < -0.39 is 0 Å². The normalized spacial score (nSPS) is 10.5. The maximum absolute atomic E-state index is 11.9. The van der Waals surface area contributed by atoms with E-state index in [1.165, 1.54) is 0 Å². The molecule has 94 valence electrons. The number of amides is 1. The van der Waals surface area contributed by atoms with Crippen LogP contribution in [0.2, 0.25) is 0 Å². The standard InChI is InChI=1S/C12H10N6O/c19-11(7-10-15-17-18-16-10)14-9-5-1-3-8-4-2-6-13-12(8)9/h1-6H,7H2,(H,14,19)(H,15,16,17,18). The van der Waals surface area contributed by atoms with Crippen molar-refractivity contribution in [3.05, 3.63) is 42.4 Å².